The van der Waals surface area contributed by atoms with Gasteiger partial charge in [-0.05, 0) is 19.1 Å². The van der Waals surface area contributed by atoms with Gasteiger partial charge in [0.15, 0.2) is 0 Å². The highest BCUT2D eigenvalue weighted by Gasteiger charge is 2.31. The Morgan fingerprint density at radius 2 is 1.84 bits per heavy atom. The Kier molecular flexibility index (Phi) is 4.73. The largest absolute Gasteiger partial charge is 0.463 e. The zero-order chi connectivity index (χ0) is 14.4. The molecule has 1 aromatic rings. The van der Waals surface area contributed by atoms with Crippen molar-refractivity contribution in [1.82, 2.24) is 0 Å². The van der Waals surface area contributed by atoms with Crippen LogP contribution in [0, 0.1) is 22.7 Å². The van der Waals surface area contributed by atoms with Crippen LogP contribution in [0.4, 0.5) is 4.39 Å². The van der Waals surface area contributed by atoms with Gasteiger partial charge in [0, 0.05) is 0 Å². The van der Waals surface area contributed by atoms with Crippen molar-refractivity contribution in [1.29, 1.82) is 10.5 Å². The fraction of sp³-hybridized carbons (Fsp3) is 0.231. The Balaban J connectivity index is 3.24. The molecule has 0 N–H and O–H groups in total. The normalized spacial score (nSPS) is 10.9. The molecule has 0 aliphatic heterocycles. The van der Waals surface area contributed by atoms with E-state index in [4.69, 9.17) is 10.5 Å². The Bertz CT molecular complexity index is 567. The van der Waals surface area contributed by atoms with Gasteiger partial charge in [0.05, 0.1) is 35.4 Å². The molecule has 0 fully saturated rings. The minimum absolute atomic E-state index is 0.0719. The summed E-state index contributed by atoms with van der Waals surface area (Å²) in [6, 6.07) is 7.31. The zero-order valence-corrected chi connectivity index (χ0v) is 10.0. The number of nitrogens with zero attached hydrogens (tertiary/aromatic N) is 2. The number of hydrogen-bond acceptors (Lipinski definition) is 5. The highest BCUT2D eigenvalue weighted by atomic mass is 19.1. The van der Waals surface area contributed by atoms with Crippen molar-refractivity contribution in [3.05, 3.63) is 34.9 Å². The number of ketones is 1. The number of alkyl halides is 1. The molecule has 1 aromatic carbocycles. The molecular weight excluding hydrogens is 251 g/mol. The first kappa shape index (κ1) is 14.3. The van der Waals surface area contributed by atoms with Crippen LogP contribution in [0.3, 0.4) is 0 Å². The van der Waals surface area contributed by atoms with E-state index in [2.05, 4.69) is 4.74 Å². The summed E-state index contributed by atoms with van der Waals surface area (Å²) in [5, 5.41) is 17.7. The minimum atomic E-state index is -2.54. The van der Waals surface area contributed by atoms with Gasteiger partial charge in [-0.1, -0.05) is 6.07 Å². The Hall–Kier alpha value is -2.73. The minimum Gasteiger partial charge on any atom is -0.463 e. The third kappa shape index (κ3) is 2.93. The summed E-state index contributed by atoms with van der Waals surface area (Å²) in [6.45, 7) is 1.40. The van der Waals surface area contributed by atoms with Gasteiger partial charge in [-0.25, -0.2) is 9.18 Å². The Morgan fingerprint density at radius 1 is 1.32 bits per heavy atom. The summed E-state index contributed by atoms with van der Waals surface area (Å²) in [5.41, 5.74) is -0.708. The molecule has 1 atom stereocenters. The maximum Gasteiger partial charge on any atom is 0.349 e. The standard InChI is InChI=1S/C13H9FN2O3/c1-2-19-13(18)11(14)12(17)10-8(6-15)4-3-5-9(10)7-16/h3-5,11H,2H2,1H3. The smallest absolute Gasteiger partial charge is 0.349 e. The van der Waals surface area contributed by atoms with Crippen LogP contribution in [0.15, 0.2) is 18.2 Å². The maximum absolute atomic E-state index is 13.7. The first-order chi connectivity index (χ1) is 9.06. The quantitative estimate of drug-likeness (QED) is 0.465. The van der Waals surface area contributed by atoms with E-state index in [1.165, 1.54) is 25.1 Å². The summed E-state index contributed by atoms with van der Waals surface area (Å²) in [5.74, 6) is -2.57. The van der Waals surface area contributed by atoms with E-state index in [0.29, 0.717) is 0 Å². The van der Waals surface area contributed by atoms with Crippen molar-refractivity contribution in [2.24, 2.45) is 0 Å². The number of carbonyl (C=O) groups excluding carboxylic acids is 2. The molecular formula is C13H9FN2O3. The average molecular weight is 260 g/mol. The van der Waals surface area contributed by atoms with Gasteiger partial charge in [-0.15, -0.1) is 0 Å². The molecule has 5 nitrogen and oxygen atoms in total. The summed E-state index contributed by atoms with van der Waals surface area (Å²) in [7, 11) is 0. The van der Waals surface area contributed by atoms with Crippen LogP contribution >= 0.6 is 0 Å². The molecule has 0 radical (unpaired) electrons. The van der Waals surface area contributed by atoms with Crippen molar-refractivity contribution < 1.29 is 18.7 Å². The van der Waals surface area contributed by atoms with Crippen molar-refractivity contribution in [3.63, 3.8) is 0 Å². The number of nitriles is 2. The van der Waals surface area contributed by atoms with Crippen LogP contribution in [0.2, 0.25) is 0 Å². The second-order valence-corrected chi connectivity index (χ2v) is 3.43. The lowest BCUT2D eigenvalue weighted by atomic mass is 9.96. The summed E-state index contributed by atoms with van der Waals surface area (Å²) < 4.78 is 18.0. The van der Waals surface area contributed by atoms with E-state index in [9.17, 15) is 14.0 Å². The highest BCUT2D eigenvalue weighted by molar-refractivity contribution is 6.13. The molecule has 0 bridgehead atoms. The summed E-state index contributed by atoms with van der Waals surface area (Å²) in [4.78, 5) is 23.0. The zero-order valence-electron chi connectivity index (χ0n) is 10.0. The monoisotopic (exact) mass is 260 g/mol. The van der Waals surface area contributed by atoms with Crippen LogP contribution in [0.25, 0.3) is 0 Å². The lowest BCUT2D eigenvalue weighted by Crippen LogP contribution is -2.29. The molecule has 6 heteroatoms. The average Bonchev–Trinajstić information content (AvgIpc) is 2.44. The van der Waals surface area contributed by atoms with Gasteiger partial charge in [0.1, 0.15) is 0 Å². The van der Waals surface area contributed by atoms with Crippen molar-refractivity contribution in [2.75, 3.05) is 6.61 Å². The number of esters is 1. The predicted molar refractivity (Wildman–Crippen MR) is 61.7 cm³/mol. The van der Waals surface area contributed by atoms with Gasteiger partial charge in [0.2, 0.25) is 5.78 Å². The molecule has 0 amide bonds. The molecule has 19 heavy (non-hydrogen) atoms. The number of Topliss-reactive ketones (excluding diaryl/α,β-unsaturated/α-hetero) is 1. The lowest BCUT2D eigenvalue weighted by Gasteiger charge is -2.09. The van der Waals surface area contributed by atoms with E-state index in [-0.39, 0.29) is 17.7 Å². The van der Waals surface area contributed by atoms with Gasteiger partial charge < -0.3 is 4.74 Å². The number of benzene rings is 1. The van der Waals surface area contributed by atoms with E-state index in [1.54, 1.807) is 12.1 Å². The second-order valence-electron chi connectivity index (χ2n) is 3.43. The first-order valence-corrected chi connectivity index (χ1v) is 5.34. The molecule has 1 unspecified atom stereocenters. The van der Waals surface area contributed by atoms with Gasteiger partial charge >= 0.3 is 5.97 Å². The SMILES string of the molecule is CCOC(=O)C(F)C(=O)c1c(C#N)cccc1C#N. The third-order valence-electron chi connectivity index (χ3n) is 2.28. The van der Waals surface area contributed by atoms with Gasteiger partial charge in [-0.2, -0.15) is 10.5 Å². The first-order valence-electron chi connectivity index (χ1n) is 5.34. The fourth-order valence-corrected chi connectivity index (χ4v) is 1.45. The second kappa shape index (κ2) is 6.27. The summed E-state index contributed by atoms with van der Waals surface area (Å²) in [6.07, 6.45) is -2.54. The molecule has 0 spiro atoms. The number of carbonyl (C=O) groups is 2. The molecule has 0 aromatic heterocycles. The fourth-order valence-electron chi connectivity index (χ4n) is 1.45. The third-order valence-corrected chi connectivity index (χ3v) is 2.28. The van der Waals surface area contributed by atoms with E-state index < -0.39 is 23.5 Å². The van der Waals surface area contributed by atoms with Crippen LogP contribution in [-0.4, -0.2) is 24.5 Å². The maximum atomic E-state index is 13.7. The Labute approximate surface area is 108 Å². The topological polar surface area (TPSA) is 90.9 Å². The predicted octanol–water partition coefficient (Wildman–Crippen LogP) is 1.51. The molecule has 1 rings (SSSR count). The van der Waals surface area contributed by atoms with Gasteiger partial charge in [-0.3, -0.25) is 4.79 Å². The van der Waals surface area contributed by atoms with E-state index >= 15 is 0 Å². The lowest BCUT2D eigenvalue weighted by molar-refractivity contribution is -0.147. The molecule has 0 aliphatic carbocycles. The molecule has 0 saturated carbocycles. The number of hydrogen-bond donors (Lipinski definition) is 0. The molecule has 0 heterocycles. The van der Waals surface area contributed by atoms with Crippen molar-refractivity contribution >= 4 is 11.8 Å². The van der Waals surface area contributed by atoms with E-state index in [1.807, 2.05) is 0 Å². The van der Waals surface area contributed by atoms with Crippen molar-refractivity contribution in [2.45, 2.75) is 13.1 Å². The van der Waals surface area contributed by atoms with E-state index in [0.717, 1.165) is 0 Å². The molecule has 0 saturated heterocycles. The highest BCUT2D eigenvalue weighted by Crippen LogP contribution is 2.17. The van der Waals surface area contributed by atoms with Crippen molar-refractivity contribution in [3.8, 4) is 12.1 Å². The molecule has 96 valence electrons. The molecule has 0 aliphatic rings. The van der Waals surface area contributed by atoms with Crippen LogP contribution in [-0.2, 0) is 9.53 Å². The van der Waals surface area contributed by atoms with Gasteiger partial charge in [0.25, 0.3) is 6.17 Å². The van der Waals surface area contributed by atoms with Crippen LogP contribution in [0.1, 0.15) is 28.4 Å². The summed E-state index contributed by atoms with van der Waals surface area (Å²) >= 11 is 0. The van der Waals surface area contributed by atoms with Crippen LogP contribution < -0.4 is 0 Å². The number of rotatable bonds is 4. The Morgan fingerprint density at radius 3 is 2.26 bits per heavy atom. The number of ether oxygens (including phenoxy) is 1. The number of halogens is 1. The van der Waals surface area contributed by atoms with Crippen LogP contribution in [0.5, 0.6) is 0 Å².